The number of carbonyl (C=O) groups is 3. The molecule has 0 unspecified atom stereocenters. The van der Waals surface area contributed by atoms with Crippen LogP contribution in [0.15, 0.2) is 88.1 Å². The summed E-state index contributed by atoms with van der Waals surface area (Å²) in [6, 6.07) is 20.9. The van der Waals surface area contributed by atoms with Crippen LogP contribution in [-0.2, 0) is 7.05 Å². The van der Waals surface area contributed by atoms with E-state index in [4.69, 9.17) is 0 Å². The first-order valence-electron chi connectivity index (χ1n) is 10.5. The highest BCUT2D eigenvalue weighted by Gasteiger charge is 2.35. The molecular weight excluding hydrogens is 514 g/mol. The summed E-state index contributed by atoms with van der Waals surface area (Å²) in [6.45, 7) is 1.62. The Labute approximate surface area is 208 Å². The van der Waals surface area contributed by atoms with Gasteiger partial charge in [-0.3, -0.25) is 19.1 Å². The Morgan fingerprint density at radius 3 is 1.91 bits per heavy atom. The number of aromatic nitrogens is 2. The van der Waals surface area contributed by atoms with Gasteiger partial charge in [0.25, 0.3) is 17.4 Å². The Balaban J connectivity index is 2.00. The van der Waals surface area contributed by atoms with Gasteiger partial charge in [-0.05, 0) is 59.3 Å². The molecule has 0 saturated heterocycles. The monoisotopic (exact) mass is 533 g/mol. The number of benzene rings is 3. The van der Waals surface area contributed by atoms with Gasteiger partial charge in [-0.1, -0.05) is 42.5 Å². The minimum absolute atomic E-state index is 0.141. The predicted octanol–water partition coefficient (Wildman–Crippen LogP) is 4.43. The van der Waals surface area contributed by atoms with Crippen molar-refractivity contribution in [1.82, 2.24) is 9.36 Å². The zero-order chi connectivity index (χ0) is 25.3. The second-order valence-electron chi connectivity index (χ2n) is 7.69. The molecule has 176 valence electrons. The molecule has 35 heavy (non-hydrogen) atoms. The fourth-order valence-corrected chi connectivity index (χ4v) is 4.29. The van der Waals surface area contributed by atoms with Crippen LogP contribution in [0.4, 0.5) is 5.69 Å². The van der Waals surface area contributed by atoms with Crippen molar-refractivity contribution in [2.24, 2.45) is 7.05 Å². The fraction of sp³-hybridized carbons (Fsp3) is 0.0769. The highest BCUT2D eigenvalue weighted by Crippen LogP contribution is 2.26. The van der Waals surface area contributed by atoms with E-state index in [-0.39, 0.29) is 22.4 Å². The molecular formula is C26H20BrN3O5. The van der Waals surface area contributed by atoms with Gasteiger partial charge in [-0.15, -0.1) is 0 Å². The molecule has 0 fully saturated rings. The van der Waals surface area contributed by atoms with Crippen LogP contribution in [0, 0.1) is 6.92 Å². The number of hydrogen-bond acceptors (Lipinski definition) is 4. The maximum Gasteiger partial charge on any atom is 0.336 e. The van der Waals surface area contributed by atoms with Crippen LogP contribution in [0.2, 0.25) is 0 Å². The summed E-state index contributed by atoms with van der Waals surface area (Å²) >= 11 is 3.33. The quantitative estimate of drug-likeness (QED) is 0.382. The van der Waals surface area contributed by atoms with E-state index in [2.05, 4.69) is 15.9 Å². The zero-order valence-electron chi connectivity index (χ0n) is 18.8. The van der Waals surface area contributed by atoms with Gasteiger partial charge in [0.2, 0.25) is 0 Å². The maximum atomic E-state index is 13.8. The van der Waals surface area contributed by atoms with Crippen LogP contribution >= 0.6 is 15.9 Å². The molecule has 0 atom stereocenters. The smallest absolute Gasteiger partial charge is 0.336 e. The number of carbonyl (C=O) groups excluding carboxylic acids is 2. The summed E-state index contributed by atoms with van der Waals surface area (Å²) in [6.07, 6.45) is 0. The highest BCUT2D eigenvalue weighted by atomic mass is 79.9. The molecule has 8 nitrogen and oxygen atoms in total. The van der Waals surface area contributed by atoms with E-state index in [0.29, 0.717) is 15.9 Å². The maximum absolute atomic E-state index is 13.8. The number of halogens is 1. The molecule has 0 aliphatic carbocycles. The van der Waals surface area contributed by atoms with Gasteiger partial charge in [0.15, 0.2) is 0 Å². The number of para-hydroxylation sites is 1. The summed E-state index contributed by atoms with van der Waals surface area (Å²) in [5.41, 5.74) is -0.224. The van der Waals surface area contributed by atoms with Crippen LogP contribution in [-0.4, -0.2) is 32.3 Å². The van der Waals surface area contributed by atoms with Crippen molar-refractivity contribution >= 4 is 39.4 Å². The first kappa shape index (κ1) is 23.9. The number of nitrogens with zero attached hydrogens (tertiary/aromatic N) is 3. The summed E-state index contributed by atoms with van der Waals surface area (Å²) in [5, 5.41) is 9.64. The number of carboxylic acids is 1. The third-order valence-corrected chi connectivity index (χ3v) is 6.34. The SMILES string of the molecule is Cc1c(N(C(=O)c2ccccc2Br)C(=O)c2ccccc2C(=O)O)c(=O)n(-c2ccccc2)n1C. The lowest BCUT2D eigenvalue weighted by molar-refractivity contribution is 0.0690. The molecule has 0 radical (unpaired) electrons. The molecule has 2 amide bonds. The lowest BCUT2D eigenvalue weighted by Gasteiger charge is -2.21. The van der Waals surface area contributed by atoms with Crippen molar-refractivity contribution in [3.05, 3.63) is 116 Å². The lowest BCUT2D eigenvalue weighted by atomic mass is 10.0. The third kappa shape index (κ3) is 4.22. The van der Waals surface area contributed by atoms with E-state index < -0.39 is 23.3 Å². The van der Waals surface area contributed by atoms with Gasteiger partial charge in [-0.2, -0.15) is 0 Å². The summed E-state index contributed by atoms with van der Waals surface area (Å²) in [4.78, 5) is 53.9. The van der Waals surface area contributed by atoms with Gasteiger partial charge in [0.05, 0.1) is 28.1 Å². The Hall–Kier alpha value is -4.24. The fourth-order valence-electron chi connectivity index (χ4n) is 3.84. The molecule has 4 rings (SSSR count). The minimum atomic E-state index is -1.33. The number of imide groups is 1. The number of rotatable bonds is 5. The Morgan fingerprint density at radius 1 is 0.800 bits per heavy atom. The van der Waals surface area contributed by atoms with E-state index in [1.54, 1.807) is 67.2 Å². The van der Waals surface area contributed by atoms with Gasteiger partial charge in [0.1, 0.15) is 5.69 Å². The molecule has 0 aliphatic heterocycles. The molecule has 0 spiro atoms. The predicted molar refractivity (Wildman–Crippen MR) is 134 cm³/mol. The van der Waals surface area contributed by atoms with Crippen molar-refractivity contribution in [3.8, 4) is 5.69 Å². The van der Waals surface area contributed by atoms with E-state index in [1.165, 1.54) is 35.0 Å². The van der Waals surface area contributed by atoms with Gasteiger partial charge < -0.3 is 5.11 Å². The van der Waals surface area contributed by atoms with Crippen LogP contribution in [0.3, 0.4) is 0 Å². The molecule has 3 aromatic carbocycles. The van der Waals surface area contributed by atoms with Crippen LogP contribution in [0.25, 0.3) is 5.69 Å². The summed E-state index contributed by atoms with van der Waals surface area (Å²) in [5.74, 6) is -3.02. The van der Waals surface area contributed by atoms with Crippen molar-refractivity contribution < 1.29 is 19.5 Å². The molecule has 1 aromatic heterocycles. The molecule has 0 saturated carbocycles. The van der Waals surface area contributed by atoms with Crippen molar-refractivity contribution in [1.29, 1.82) is 0 Å². The Morgan fingerprint density at radius 2 is 1.31 bits per heavy atom. The summed E-state index contributed by atoms with van der Waals surface area (Å²) in [7, 11) is 1.64. The number of carboxylic acid groups (broad SMARTS) is 1. The van der Waals surface area contributed by atoms with E-state index in [1.807, 2.05) is 0 Å². The number of hydrogen-bond donors (Lipinski definition) is 1. The number of aromatic carboxylic acids is 1. The average molecular weight is 534 g/mol. The van der Waals surface area contributed by atoms with Crippen LogP contribution in [0.1, 0.15) is 36.8 Å². The van der Waals surface area contributed by atoms with Gasteiger partial charge in [0, 0.05) is 11.5 Å². The Kier molecular flexibility index (Phi) is 6.52. The second-order valence-corrected chi connectivity index (χ2v) is 8.54. The lowest BCUT2D eigenvalue weighted by Crippen LogP contribution is -2.41. The molecule has 0 bridgehead atoms. The zero-order valence-corrected chi connectivity index (χ0v) is 20.4. The Bertz CT molecular complexity index is 1520. The van der Waals surface area contributed by atoms with E-state index >= 15 is 0 Å². The van der Waals surface area contributed by atoms with E-state index in [9.17, 15) is 24.3 Å². The molecule has 1 heterocycles. The number of anilines is 1. The topological polar surface area (TPSA) is 102 Å². The standard InChI is InChI=1S/C26H20BrN3O5/c1-16-22(25(33)30(28(16)2)17-10-4-3-5-11-17)29(24(32)20-14-8-9-15-21(20)27)23(31)18-12-6-7-13-19(18)26(34)35/h3-15H,1-2H3,(H,34,35). The normalized spacial score (nSPS) is 10.7. The van der Waals surface area contributed by atoms with Crippen molar-refractivity contribution in [2.45, 2.75) is 6.92 Å². The molecule has 0 aliphatic rings. The molecule has 4 aromatic rings. The van der Waals surface area contributed by atoms with Crippen LogP contribution < -0.4 is 10.5 Å². The molecule has 9 heteroatoms. The minimum Gasteiger partial charge on any atom is -0.478 e. The first-order chi connectivity index (χ1) is 16.7. The highest BCUT2D eigenvalue weighted by molar-refractivity contribution is 9.10. The van der Waals surface area contributed by atoms with Crippen molar-refractivity contribution in [2.75, 3.05) is 4.90 Å². The van der Waals surface area contributed by atoms with Crippen molar-refractivity contribution in [3.63, 3.8) is 0 Å². The summed E-state index contributed by atoms with van der Waals surface area (Å²) < 4.78 is 3.32. The van der Waals surface area contributed by atoms with E-state index in [0.717, 1.165) is 4.90 Å². The molecule has 1 N–H and O–H groups in total. The number of amides is 2. The third-order valence-electron chi connectivity index (χ3n) is 5.65. The van der Waals surface area contributed by atoms with Gasteiger partial charge >= 0.3 is 5.97 Å². The van der Waals surface area contributed by atoms with Gasteiger partial charge in [-0.25, -0.2) is 14.4 Å². The second kappa shape index (κ2) is 9.55. The average Bonchev–Trinajstić information content (AvgIpc) is 3.08. The first-order valence-corrected chi connectivity index (χ1v) is 11.3. The van der Waals surface area contributed by atoms with Crippen LogP contribution in [0.5, 0.6) is 0 Å². The largest absolute Gasteiger partial charge is 0.478 e.